The minimum absolute atomic E-state index is 0.212. The van der Waals surface area contributed by atoms with Crippen molar-refractivity contribution in [2.75, 3.05) is 0 Å². The maximum Gasteiger partial charge on any atom is 0.266 e. The molecule has 0 bridgehead atoms. The van der Waals surface area contributed by atoms with Crippen LogP contribution in [0.5, 0.6) is 0 Å². The van der Waals surface area contributed by atoms with E-state index < -0.39 is 17.7 Å². The Balaban J connectivity index is 2.02. The Morgan fingerprint density at radius 3 is 2.63 bits per heavy atom. The fraction of sp³-hybridized carbons (Fsp3) is 0.167. The highest BCUT2D eigenvalue weighted by molar-refractivity contribution is 8.26. The molecule has 1 aromatic carbocycles. The Hall–Kier alpha value is -2.15. The summed E-state index contributed by atoms with van der Waals surface area (Å²) in [7, 11) is 0. The van der Waals surface area contributed by atoms with E-state index in [0.717, 1.165) is 22.3 Å². The van der Waals surface area contributed by atoms with Crippen LogP contribution in [0.1, 0.15) is 17.0 Å². The molecule has 19 heavy (non-hydrogen) atoms. The summed E-state index contributed by atoms with van der Waals surface area (Å²) in [6, 6.07) is 7.22. The van der Waals surface area contributed by atoms with E-state index >= 15 is 0 Å². The number of rotatable bonds is 1. The third kappa shape index (κ3) is 1.91. The summed E-state index contributed by atoms with van der Waals surface area (Å²) >= 11 is 1.02. The summed E-state index contributed by atoms with van der Waals surface area (Å²) < 4.78 is 0. The molecule has 1 aromatic rings. The molecule has 2 aliphatic heterocycles. The highest BCUT2D eigenvalue weighted by atomic mass is 32.2. The van der Waals surface area contributed by atoms with Crippen LogP contribution in [0.2, 0.25) is 0 Å². The number of hydrogen-bond donors (Lipinski definition) is 1. The second-order valence-corrected chi connectivity index (χ2v) is 5.25. The molecular formula is C12H10N4O2S. The number of hydrogen-bond acceptors (Lipinski definition) is 5. The van der Waals surface area contributed by atoms with Crippen molar-refractivity contribution >= 4 is 33.9 Å². The van der Waals surface area contributed by atoms with Crippen LogP contribution in [0.3, 0.4) is 0 Å². The first kappa shape index (κ1) is 11.9. The summed E-state index contributed by atoms with van der Waals surface area (Å²) in [5, 5.41) is 5.43. The van der Waals surface area contributed by atoms with Crippen molar-refractivity contribution < 1.29 is 9.59 Å². The normalized spacial score (nSPS) is 22.2. The van der Waals surface area contributed by atoms with E-state index in [4.69, 9.17) is 5.73 Å². The van der Waals surface area contributed by atoms with Crippen LogP contribution in [-0.2, 0) is 9.59 Å². The van der Waals surface area contributed by atoms with E-state index in [2.05, 4.69) is 10.1 Å². The zero-order chi connectivity index (χ0) is 13.6. The first-order chi connectivity index (χ1) is 9.06. The van der Waals surface area contributed by atoms with E-state index in [9.17, 15) is 9.59 Å². The van der Waals surface area contributed by atoms with Gasteiger partial charge in [-0.2, -0.15) is 10.0 Å². The smallest absolute Gasteiger partial charge is 0.266 e. The quantitative estimate of drug-likeness (QED) is 0.766. The lowest BCUT2D eigenvalue weighted by atomic mass is 9.95. The minimum atomic E-state index is -0.931. The molecule has 6 nitrogen and oxygen atoms in total. The number of aryl methyl sites for hydroxylation is 1. The van der Waals surface area contributed by atoms with Crippen molar-refractivity contribution in [1.82, 2.24) is 5.01 Å². The van der Waals surface area contributed by atoms with Crippen molar-refractivity contribution in [3.8, 4) is 0 Å². The molecular weight excluding hydrogens is 264 g/mol. The van der Waals surface area contributed by atoms with Crippen molar-refractivity contribution in [3.05, 3.63) is 35.4 Å². The summed E-state index contributed by atoms with van der Waals surface area (Å²) in [6.07, 6.45) is 0. The lowest BCUT2D eigenvalue weighted by molar-refractivity contribution is -0.135. The highest BCUT2D eigenvalue weighted by Gasteiger charge is 2.42. The molecule has 96 valence electrons. The fourth-order valence-electron chi connectivity index (χ4n) is 1.94. The Kier molecular flexibility index (Phi) is 2.63. The second kappa shape index (κ2) is 4.20. The number of amidine groups is 2. The van der Waals surface area contributed by atoms with Crippen LogP contribution in [0, 0.1) is 6.92 Å². The predicted molar refractivity (Wildman–Crippen MR) is 72.4 cm³/mol. The summed E-state index contributed by atoms with van der Waals surface area (Å²) in [5.41, 5.74) is 7.21. The Morgan fingerprint density at radius 1 is 1.26 bits per heavy atom. The molecule has 2 aliphatic rings. The van der Waals surface area contributed by atoms with Crippen molar-refractivity contribution in [1.29, 1.82) is 0 Å². The fourth-order valence-corrected chi connectivity index (χ4v) is 2.61. The van der Waals surface area contributed by atoms with Gasteiger partial charge < -0.3 is 5.73 Å². The van der Waals surface area contributed by atoms with Gasteiger partial charge in [0.05, 0.1) is 0 Å². The predicted octanol–water partition coefficient (Wildman–Crippen LogP) is 0.780. The lowest BCUT2D eigenvalue weighted by Crippen LogP contribution is -2.40. The molecule has 1 unspecified atom stereocenters. The minimum Gasteiger partial charge on any atom is -0.376 e. The number of thioether (sulfide) groups is 1. The van der Waals surface area contributed by atoms with Crippen LogP contribution in [0.4, 0.5) is 0 Å². The second-order valence-electron chi connectivity index (χ2n) is 4.27. The van der Waals surface area contributed by atoms with Crippen LogP contribution in [0.15, 0.2) is 34.4 Å². The van der Waals surface area contributed by atoms with E-state index in [1.54, 1.807) is 12.1 Å². The van der Waals surface area contributed by atoms with Gasteiger partial charge in [0, 0.05) is 0 Å². The molecule has 3 rings (SSSR count). The molecule has 0 aliphatic carbocycles. The standard InChI is InChI=1S/C12H10N4O2S/c1-6-2-4-7(5-3-6)8-9(17)14-12-16(10(8)18)15-11(13)19-12/h2-5,8H,1H3,(H2,13,15). The molecule has 0 fully saturated rings. The Morgan fingerprint density at radius 2 is 1.95 bits per heavy atom. The summed E-state index contributed by atoms with van der Waals surface area (Å²) in [6.45, 7) is 1.94. The van der Waals surface area contributed by atoms with Gasteiger partial charge in [-0.25, -0.2) is 0 Å². The van der Waals surface area contributed by atoms with Gasteiger partial charge in [0.15, 0.2) is 5.17 Å². The van der Waals surface area contributed by atoms with Gasteiger partial charge in [-0.05, 0) is 24.2 Å². The van der Waals surface area contributed by atoms with Gasteiger partial charge in [0.1, 0.15) is 5.92 Å². The number of nitrogens with zero attached hydrogens (tertiary/aromatic N) is 3. The number of aliphatic imine (C=N–C) groups is 1. The number of carbonyl (C=O) groups is 2. The molecule has 0 radical (unpaired) electrons. The molecule has 2 heterocycles. The zero-order valence-electron chi connectivity index (χ0n) is 10.0. The van der Waals surface area contributed by atoms with Crippen molar-refractivity contribution in [3.63, 3.8) is 0 Å². The molecule has 0 aromatic heterocycles. The molecule has 0 spiro atoms. The van der Waals surface area contributed by atoms with Gasteiger partial charge >= 0.3 is 0 Å². The number of fused-ring (bicyclic) bond motifs is 1. The van der Waals surface area contributed by atoms with Crippen LogP contribution >= 0.6 is 11.8 Å². The van der Waals surface area contributed by atoms with Crippen LogP contribution in [-0.4, -0.2) is 27.2 Å². The van der Waals surface area contributed by atoms with Gasteiger partial charge in [-0.1, -0.05) is 29.8 Å². The Bertz CT molecular complexity index is 636. The largest absolute Gasteiger partial charge is 0.376 e. The van der Waals surface area contributed by atoms with Gasteiger partial charge in [-0.15, -0.1) is 5.10 Å². The average molecular weight is 274 g/mol. The molecule has 0 saturated heterocycles. The summed E-state index contributed by atoms with van der Waals surface area (Å²) in [4.78, 5) is 28.2. The topological polar surface area (TPSA) is 88.1 Å². The SMILES string of the molecule is Cc1ccc(C2C(=O)N=C3SC(N)=NN3C2=O)cc1. The summed E-state index contributed by atoms with van der Waals surface area (Å²) in [5.74, 6) is -1.82. The molecule has 0 saturated carbocycles. The van der Waals surface area contributed by atoms with Crippen LogP contribution in [0.25, 0.3) is 0 Å². The third-order valence-electron chi connectivity index (χ3n) is 2.89. The first-order valence-electron chi connectivity index (χ1n) is 5.61. The number of benzene rings is 1. The zero-order valence-corrected chi connectivity index (χ0v) is 10.8. The molecule has 1 atom stereocenters. The molecule has 2 N–H and O–H groups in total. The average Bonchev–Trinajstić information content (AvgIpc) is 2.72. The van der Waals surface area contributed by atoms with Crippen molar-refractivity contribution in [2.24, 2.45) is 15.8 Å². The number of amides is 2. The lowest BCUT2D eigenvalue weighted by Gasteiger charge is -2.22. The number of carbonyl (C=O) groups excluding carboxylic acids is 2. The van der Waals surface area contributed by atoms with E-state index in [0.29, 0.717) is 5.56 Å². The maximum absolute atomic E-state index is 12.3. The van der Waals surface area contributed by atoms with Gasteiger partial charge in [-0.3, -0.25) is 9.59 Å². The van der Waals surface area contributed by atoms with Gasteiger partial charge in [0.2, 0.25) is 5.17 Å². The monoisotopic (exact) mass is 274 g/mol. The van der Waals surface area contributed by atoms with E-state index in [-0.39, 0.29) is 10.3 Å². The number of nitrogens with two attached hydrogens (primary N) is 1. The first-order valence-corrected chi connectivity index (χ1v) is 6.43. The maximum atomic E-state index is 12.3. The third-order valence-corrected chi connectivity index (χ3v) is 3.63. The molecule has 7 heteroatoms. The van der Waals surface area contributed by atoms with E-state index in [1.165, 1.54) is 0 Å². The molecule has 2 amide bonds. The highest BCUT2D eigenvalue weighted by Crippen LogP contribution is 2.30. The van der Waals surface area contributed by atoms with Crippen molar-refractivity contribution in [2.45, 2.75) is 12.8 Å². The Labute approximate surface area is 113 Å². The number of hydrazone groups is 1. The van der Waals surface area contributed by atoms with Crippen LogP contribution < -0.4 is 5.73 Å². The van der Waals surface area contributed by atoms with Gasteiger partial charge in [0.25, 0.3) is 11.8 Å². The van der Waals surface area contributed by atoms with E-state index in [1.807, 2.05) is 19.1 Å².